The zero-order valence-electron chi connectivity index (χ0n) is 10.5. The maximum absolute atomic E-state index is 11.3. The summed E-state index contributed by atoms with van der Waals surface area (Å²) in [7, 11) is 0. The zero-order chi connectivity index (χ0) is 13.1. The van der Waals surface area contributed by atoms with Gasteiger partial charge in [-0.05, 0) is 43.9 Å². The molecule has 1 heterocycles. The van der Waals surface area contributed by atoms with Crippen LogP contribution in [0.1, 0.15) is 43.0 Å². The molecule has 1 aliphatic heterocycles. The highest BCUT2D eigenvalue weighted by atomic mass is 79.9. The molecule has 0 aromatic heterocycles. The van der Waals surface area contributed by atoms with Crippen LogP contribution in [0.25, 0.3) is 0 Å². The van der Waals surface area contributed by atoms with Crippen LogP contribution in [0.2, 0.25) is 0 Å². The van der Waals surface area contributed by atoms with Crippen LogP contribution in [-0.2, 0) is 0 Å². The maximum atomic E-state index is 11.3. The largest absolute Gasteiger partial charge is 0.478 e. The third kappa shape index (κ3) is 2.69. The minimum absolute atomic E-state index is 0.401. The lowest BCUT2D eigenvalue weighted by atomic mass is 9.98. The summed E-state index contributed by atoms with van der Waals surface area (Å²) in [5.74, 6) is -0.849. The van der Waals surface area contributed by atoms with Crippen LogP contribution >= 0.6 is 15.9 Å². The van der Waals surface area contributed by atoms with Crippen molar-refractivity contribution in [2.75, 3.05) is 11.4 Å². The molecule has 98 valence electrons. The molecule has 0 radical (unpaired) electrons. The number of nitrogens with zero attached hydrogens (tertiary/aromatic N) is 1. The van der Waals surface area contributed by atoms with Crippen molar-refractivity contribution >= 4 is 27.6 Å². The predicted molar refractivity (Wildman–Crippen MR) is 76.4 cm³/mol. The van der Waals surface area contributed by atoms with Gasteiger partial charge in [-0.3, -0.25) is 0 Å². The molecule has 1 atom stereocenters. The highest BCUT2D eigenvalue weighted by molar-refractivity contribution is 9.10. The van der Waals surface area contributed by atoms with Crippen LogP contribution in [0.4, 0.5) is 5.69 Å². The molecular weight excluding hydrogens is 294 g/mol. The number of rotatable bonds is 3. The topological polar surface area (TPSA) is 40.5 Å². The first-order chi connectivity index (χ1) is 8.63. The number of hydrogen-bond donors (Lipinski definition) is 1. The van der Waals surface area contributed by atoms with Crippen LogP contribution in [0.15, 0.2) is 22.7 Å². The number of anilines is 1. The third-order valence-corrected chi connectivity index (χ3v) is 4.09. The van der Waals surface area contributed by atoms with E-state index in [-0.39, 0.29) is 0 Å². The second-order valence-corrected chi connectivity index (χ2v) is 5.63. The van der Waals surface area contributed by atoms with E-state index >= 15 is 0 Å². The molecule has 0 bridgehead atoms. The highest BCUT2D eigenvalue weighted by Crippen LogP contribution is 2.31. The number of carboxylic acid groups (broad SMARTS) is 1. The second kappa shape index (κ2) is 5.74. The molecule has 0 saturated carbocycles. The van der Waals surface area contributed by atoms with Crippen molar-refractivity contribution in [1.29, 1.82) is 0 Å². The summed E-state index contributed by atoms with van der Waals surface area (Å²) in [6.07, 6.45) is 4.60. The monoisotopic (exact) mass is 311 g/mol. The number of aromatic carboxylic acids is 1. The Bertz CT molecular complexity index is 447. The predicted octanol–water partition coefficient (Wildman–Crippen LogP) is 3.92. The van der Waals surface area contributed by atoms with Crippen LogP contribution in [-0.4, -0.2) is 23.7 Å². The van der Waals surface area contributed by atoms with E-state index in [0.29, 0.717) is 11.6 Å². The Balaban J connectivity index is 2.41. The summed E-state index contributed by atoms with van der Waals surface area (Å²) in [5.41, 5.74) is 1.25. The van der Waals surface area contributed by atoms with Gasteiger partial charge in [-0.15, -0.1) is 0 Å². The third-order valence-electron chi connectivity index (χ3n) is 3.60. The molecule has 1 aromatic carbocycles. The summed E-state index contributed by atoms with van der Waals surface area (Å²) in [4.78, 5) is 13.6. The molecular formula is C14H18BrNO2. The molecule has 1 unspecified atom stereocenters. The van der Waals surface area contributed by atoms with E-state index in [2.05, 4.69) is 27.8 Å². The number of halogens is 1. The minimum atomic E-state index is -0.849. The lowest BCUT2D eigenvalue weighted by Crippen LogP contribution is -2.40. The highest BCUT2D eigenvalue weighted by Gasteiger charge is 2.24. The fraction of sp³-hybridized carbons (Fsp3) is 0.500. The van der Waals surface area contributed by atoms with E-state index in [1.54, 1.807) is 12.1 Å². The molecule has 18 heavy (non-hydrogen) atoms. The Labute approximate surface area is 116 Å². The van der Waals surface area contributed by atoms with Gasteiger partial charge in [0, 0.05) is 17.1 Å². The van der Waals surface area contributed by atoms with Crippen molar-refractivity contribution in [2.24, 2.45) is 0 Å². The molecule has 3 nitrogen and oxygen atoms in total. The SMILES string of the molecule is CCC1CCCCN1c1cc(Br)ccc1C(=O)O. The summed E-state index contributed by atoms with van der Waals surface area (Å²) in [6.45, 7) is 3.12. The Morgan fingerprint density at radius 2 is 2.28 bits per heavy atom. The van der Waals surface area contributed by atoms with Crippen LogP contribution in [0.3, 0.4) is 0 Å². The zero-order valence-corrected chi connectivity index (χ0v) is 12.1. The molecule has 0 spiro atoms. The smallest absolute Gasteiger partial charge is 0.337 e. The van der Waals surface area contributed by atoms with Crippen molar-refractivity contribution in [2.45, 2.75) is 38.6 Å². The van der Waals surface area contributed by atoms with Crippen molar-refractivity contribution in [1.82, 2.24) is 0 Å². The molecule has 1 fully saturated rings. The Kier molecular flexibility index (Phi) is 4.27. The molecule has 1 aliphatic rings. The van der Waals surface area contributed by atoms with Crippen molar-refractivity contribution < 1.29 is 9.90 Å². The van der Waals surface area contributed by atoms with Gasteiger partial charge in [-0.25, -0.2) is 4.79 Å². The summed E-state index contributed by atoms with van der Waals surface area (Å²) in [5, 5.41) is 9.30. The Morgan fingerprint density at radius 1 is 1.50 bits per heavy atom. The molecule has 4 heteroatoms. The summed E-state index contributed by atoms with van der Waals surface area (Å²) >= 11 is 3.43. The number of carbonyl (C=O) groups is 1. The van der Waals surface area contributed by atoms with E-state index < -0.39 is 5.97 Å². The van der Waals surface area contributed by atoms with Gasteiger partial charge < -0.3 is 10.0 Å². The average Bonchev–Trinajstić information content (AvgIpc) is 2.38. The fourth-order valence-electron chi connectivity index (χ4n) is 2.67. The first-order valence-corrected chi connectivity index (χ1v) is 7.22. The van der Waals surface area contributed by atoms with E-state index in [9.17, 15) is 9.90 Å². The van der Waals surface area contributed by atoms with Crippen LogP contribution in [0, 0.1) is 0 Å². The van der Waals surface area contributed by atoms with Crippen LogP contribution < -0.4 is 4.90 Å². The average molecular weight is 312 g/mol. The van der Waals surface area contributed by atoms with E-state index in [4.69, 9.17) is 0 Å². The van der Waals surface area contributed by atoms with Gasteiger partial charge in [0.2, 0.25) is 0 Å². The van der Waals surface area contributed by atoms with E-state index in [0.717, 1.165) is 36.0 Å². The van der Waals surface area contributed by atoms with Gasteiger partial charge in [0.15, 0.2) is 0 Å². The number of benzene rings is 1. The van der Waals surface area contributed by atoms with Crippen molar-refractivity contribution in [3.63, 3.8) is 0 Å². The maximum Gasteiger partial charge on any atom is 0.337 e. The minimum Gasteiger partial charge on any atom is -0.478 e. The number of piperidine rings is 1. The van der Waals surface area contributed by atoms with Crippen molar-refractivity contribution in [3.8, 4) is 0 Å². The van der Waals surface area contributed by atoms with Gasteiger partial charge >= 0.3 is 5.97 Å². The van der Waals surface area contributed by atoms with Gasteiger partial charge in [0.05, 0.1) is 11.3 Å². The molecule has 1 saturated heterocycles. The molecule has 1 aromatic rings. The standard InChI is InChI=1S/C14H18BrNO2/c1-2-11-5-3-4-8-16(11)13-9-10(15)6-7-12(13)14(17)18/h6-7,9,11H,2-5,8H2,1H3,(H,17,18). The molecule has 1 N–H and O–H groups in total. The van der Waals surface area contributed by atoms with Gasteiger partial charge in [0.1, 0.15) is 0 Å². The lowest BCUT2D eigenvalue weighted by molar-refractivity contribution is 0.0697. The molecule has 0 aliphatic carbocycles. The van der Waals surface area contributed by atoms with Gasteiger partial charge in [-0.1, -0.05) is 22.9 Å². The molecule has 0 amide bonds. The quantitative estimate of drug-likeness (QED) is 0.920. The van der Waals surface area contributed by atoms with Gasteiger partial charge in [-0.2, -0.15) is 0 Å². The lowest BCUT2D eigenvalue weighted by Gasteiger charge is -2.38. The fourth-order valence-corrected chi connectivity index (χ4v) is 3.01. The first kappa shape index (κ1) is 13.4. The normalized spacial score (nSPS) is 19.9. The van der Waals surface area contributed by atoms with Crippen LogP contribution in [0.5, 0.6) is 0 Å². The molecule has 2 rings (SSSR count). The number of carboxylic acids is 1. The first-order valence-electron chi connectivity index (χ1n) is 6.43. The van der Waals surface area contributed by atoms with Gasteiger partial charge in [0.25, 0.3) is 0 Å². The Hall–Kier alpha value is -1.03. The summed E-state index contributed by atoms with van der Waals surface area (Å²) in [6, 6.07) is 5.87. The van der Waals surface area contributed by atoms with E-state index in [1.165, 1.54) is 6.42 Å². The van der Waals surface area contributed by atoms with Crippen molar-refractivity contribution in [3.05, 3.63) is 28.2 Å². The van der Waals surface area contributed by atoms with E-state index in [1.807, 2.05) is 6.07 Å². The Morgan fingerprint density at radius 3 is 2.94 bits per heavy atom. The summed E-state index contributed by atoms with van der Waals surface area (Å²) < 4.78 is 0.933. The number of hydrogen-bond acceptors (Lipinski definition) is 2. The second-order valence-electron chi connectivity index (χ2n) is 4.72.